The van der Waals surface area contributed by atoms with Crippen molar-refractivity contribution in [2.24, 2.45) is 5.10 Å². The number of nitrogens with zero attached hydrogens (tertiary/aromatic N) is 3. The number of ether oxygens (including phenoxy) is 4. The lowest BCUT2D eigenvalue weighted by Gasteiger charge is -2.39. The molecule has 8 heteroatoms. The molecule has 4 atom stereocenters. The first-order valence-corrected chi connectivity index (χ1v) is 11.1. The lowest BCUT2D eigenvalue weighted by molar-refractivity contribution is -0.140. The van der Waals surface area contributed by atoms with Crippen LogP contribution in [-0.2, 0) is 25.5 Å². The standard InChI is InChI=1S/C25H36N4O4/c1-18(30-3)23-27-28(17-20-13-9-7-10-14-20)24(19(2)31-4)29(23)26-22(25(32-5)33-6)21-15-11-8-12-16-21/h7-16,18-19,22,24-26H,17H2,1-6H3/t18?,19?,22-,24?/m1/s1. The van der Waals surface area contributed by atoms with Crippen LogP contribution < -0.4 is 5.43 Å². The van der Waals surface area contributed by atoms with Crippen LogP contribution in [0.25, 0.3) is 0 Å². The molecule has 0 amide bonds. The first-order valence-electron chi connectivity index (χ1n) is 11.1. The molecule has 1 aliphatic rings. The van der Waals surface area contributed by atoms with E-state index in [-0.39, 0.29) is 24.4 Å². The zero-order chi connectivity index (χ0) is 23.8. The maximum absolute atomic E-state index is 5.79. The van der Waals surface area contributed by atoms with Gasteiger partial charge in [0.25, 0.3) is 0 Å². The Bertz CT molecular complexity index is 863. The van der Waals surface area contributed by atoms with Crippen molar-refractivity contribution in [1.82, 2.24) is 15.4 Å². The fourth-order valence-electron chi connectivity index (χ4n) is 3.98. The second kappa shape index (κ2) is 12.1. The van der Waals surface area contributed by atoms with Crippen molar-refractivity contribution in [3.8, 4) is 0 Å². The van der Waals surface area contributed by atoms with E-state index < -0.39 is 6.29 Å². The molecule has 0 spiro atoms. The molecule has 33 heavy (non-hydrogen) atoms. The van der Waals surface area contributed by atoms with Crippen LogP contribution in [0.1, 0.15) is 31.0 Å². The Kier molecular flexibility index (Phi) is 9.22. The second-order valence-electron chi connectivity index (χ2n) is 8.00. The maximum atomic E-state index is 5.79. The van der Waals surface area contributed by atoms with Crippen LogP contribution in [0.4, 0.5) is 0 Å². The van der Waals surface area contributed by atoms with Gasteiger partial charge in [0.2, 0.25) is 0 Å². The van der Waals surface area contributed by atoms with Gasteiger partial charge in [0.15, 0.2) is 18.3 Å². The van der Waals surface area contributed by atoms with Gasteiger partial charge < -0.3 is 18.9 Å². The number of hydrogen-bond acceptors (Lipinski definition) is 8. The van der Waals surface area contributed by atoms with Crippen molar-refractivity contribution in [2.75, 3.05) is 28.4 Å². The number of amidine groups is 1. The highest BCUT2D eigenvalue weighted by Gasteiger charge is 2.42. The number of benzene rings is 2. The van der Waals surface area contributed by atoms with Crippen LogP contribution in [0.3, 0.4) is 0 Å². The number of methoxy groups -OCH3 is 4. The summed E-state index contributed by atoms with van der Waals surface area (Å²) in [5.41, 5.74) is 5.82. The van der Waals surface area contributed by atoms with Crippen LogP contribution in [0.15, 0.2) is 65.8 Å². The molecule has 0 aliphatic carbocycles. The quantitative estimate of drug-likeness (QED) is 0.491. The third-order valence-electron chi connectivity index (χ3n) is 5.92. The van der Waals surface area contributed by atoms with E-state index >= 15 is 0 Å². The maximum Gasteiger partial charge on any atom is 0.177 e. The monoisotopic (exact) mass is 456 g/mol. The summed E-state index contributed by atoms with van der Waals surface area (Å²) < 4.78 is 22.8. The zero-order valence-electron chi connectivity index (χ0n) is 20.3. The van der Waals surface area contributed by atoms with Gasteiger partial charge in [0.1, 0.15) is 12.1 Å². The second-order valence-corrected chi connectivity index (χ2v) is 8.00. The molecule has 8 nitrogen and oxygen atoms in total. The molecule has 1 N–H and O–H groups in total. The fourth-order valence-corrected chi connectivity index (χ4v) is 3.98. The van der Waals surface area contributed by atoms with E-state index in [2.05, 4.69) is 17.6 Å². The Hall–Kier alpha value is -2.49. The highest BCUT2D eigenvalue weighted by molar-refractivity contribution is 5.87. The van der Waals surface area contributed by atoms with Crippen molar-refractivity contribution >= 4 is 5.84 Å². The van der Waals surface area contributed by atoms with Crippen LogP contribution in [0, 0.1) is 0 Å². The lowest BCUT2D eigenvalue weighted by Crippen LogP contribution is -2.59. The molecule has 0 bridgehead atoms. The molecule has 3 unspecified atom stereocenters. The normalized spacial score (nSPS) is 19.0. The number of nitrogens with one attached hydrogen (secondary N) is 1. The van der Waals surface area contributed by atoms with Gasteiger partial charge in [0.05, 0.1) is 12.6 Å². The van der Waals surface area contributed by atoms with Crippen LogP contribution in [-0.4, -0.2) is 69.0 Å². The highest BCUT2D eigenvalue weighted by Crippen LogP contribution is 2.28. The molecule has 0 saturated heterocycles. The topological polar surface area (TPSA) is 67.8 Å². The summed E-state index contributed by atoms with van der Waals surface area (Å²) in [6, 6.07) is 20.1. The Morgan fingerprint density at radius 2 is 1.45 bits per heavy atom. The summed E-state index contributed by atoms with van der Waals surface area (Å²) in [7, 11) is 6.67. The molecule has 2 aromatic carbocycles. The van der Waals surface area contributed by atoms with E-state index in [1.807, 2.05) is 72.4 Å². The molecule has 3 rings (SSSR count). The number of hydrazine groups is 1. The van der Waals surface area contributed by atoms with E-state index in [4.69, 9.17) is 24.0 Å². The molecule has 2 aromatic rings. The fraction of sp³-hybridized carbons (Fsp3) is 0.480. The molecule has 0 fully saturated rings. The first kappa shape index (κ1) is 25.1. The van der Waals surface area contributed by atoms with Crippen LogP contribution in [0.5, 0.6) is 0 Å². The van der Waals surface area contributed by atoms with Gasteiger partial charge in [-0.2, -0.15) is 5.10 Å². The molecular weight excluding hydrogens is 420 g/mol. The Balaban J connectivity index is 1.99. The van der Waals surface area contributed by atoms with Crippen molar-refractivity contribution in [3.05, 3.63) is 71.8 Å². The number of rotatable bonds is 12. The Morgan fingerprint density at radius 3 is 2.00 bits per heavy atom. The summed E-state index contributed by atoms with van der Waals surface area (Å²) in [5.74, 6) is 0.759. The molecule has 1 heterocycles. The highest BCUT2D eigenvalue weighted by atomic mass is 16.7. The summed E-state index contributed by atoms with van der Waals surface area (Å²) in [6.45, 7) is 4.65. The molecule has 0 aromatic heterocycles. The van der Waals surface area contributed by atoms with E-state index in [0.717, 1.165) is 17.0 Å². The molecule has 0 radical (unpaired) electrons. The van der Waals surface area contributed by atoms with Gasteiger partial charge in [-0.25, -0.2) is 5.43 Å². The van der Waals surface area contributed by atoms with Gasteiger partial charge in [0, 0.05) is 28.4 Å². The Labute approximate surface area is 197 Å². The minimum atomic E-state index is -0.520. The van der Waals surface area contributed by atoms with Gasteiger partial charge in [-0.3, -0.25) is 10.0 Å². The number of hydrogen-bond donors (Lipinski definition) is 1. The Morgan fingerprint density at radius 1 is 0.848 bits per heavy atom. The average molecular weight is 457 g/mol. The summed E-state index contributed by atoms with van der Waals surface area (Å²) >= 11 is 0. The molecule has 1 aliphatic heterocycles. The minimum absolute atomic E-state index is 0.161. The average Bonchev–Trinajstić information content (AvgIpc) is 3.21. The van der Waals surface area contributed by atoms with Crippen molar-refractivity contribution in [2.45, 2.75) is 51.1 Å². The van der Waals surface area contributed by atoms with Crippen LogP contribution in [0.2, 0.25) is 0 Å². The predicted molar refractivity (Wildman–Crippen MR) is 128 cm³/mol. The van der Waals surface area contributed by atoms with Crippen molar-refractivity contribution < 1.29 is 18.9 Å². The minimum Gasteiger partial charge on any atom is -0.378 e. The summed E-state index contributed by atoms with van der Waals surface area (Å²) in [4.78, 5) is 0. The summed E-state index contributed by atoms with van der Waals surface area (Å²) in [6.07, 6.45) is -1.15. The van der Waals surface area contributed by atoms with E-state index in [1.54, 1.807) is 28.4 Å². The van der Waals surface area contributed by atoms with Crippen LogP contribution >= 0.6 is 0 Å². The molecule has 180 valence electrons. The lowest BCUT2D eigenvalue weighted by atomic mass is 10.1. The molecular formula is C25H36N4O4. The van der Waals surface area contributed by atoms with Gasteiger partial charge >= 0.3 is 0 Å². The van der Waals surface area contributed by atoms with E-state index in [1.165, 1.54) is 0 Å². The SMILES string of the molecule is COC(C)C1=NN(Cc2ccccc2)C(C(C)OC)N1N[C@H](c1ccccc1)C(OC)OC. The van der Waals surface area contributed by atoms with Gasteiger partial charge in [-0.05, 0) is 25.0 Å². The third-order valence-corrected chi connectivity index (χ3v) is 5.92. The van der Waals surface area contributed by atoms with Crippen molar-refractivity contribution in [1.29, 1.82) is 0 Å². The largest absolute Gasteiger partial charge is 0.378 e. The smallest absolute Gasteiger partial charge is 0.177 e. The molecule has 0 saturated carbocycles. The summed E-state index contributed by atoms with van der Waals surface area (Å²) in [5, 5.41) is 9.05. The van der Waals surface area contributed by atoms with Gasteiger partial charge in [-0.1, -0.05) is 60.7 Å². The van der Waals surface area contributed by atoms with E-state index in [0.29, 0.717) is 6.54 Å². The zero-order valence-corrected chi connectivity index (χ0v) is 20.3. The predicted octanol–water partition coefficient (Wildman–Crippen LogP) is 3.38. The van der Waals surface area contributed by atoms with Crippen molar-refractivity contribution in [3.63, 3.8) is 0 Å². The first-order chi connectivity index (χ1) is 16.0. The van der Waals surface area contributed by atoms with Gasteiger partial charge in [-0.15, -0.1) is 0 Å². The number of hydrazone groups is 1. The third kappa shape index (κ3) is 5.90. The van der Waals surface area contributed by atoms with E-state index in [9.17, 15) is 0 Å².